The lowest BCUT2D eigenvalue weighted by Gasteiger charge is -2.07. The largest absolute Gasteiger partial charge is 0.322 e. The SMILES string of the molecule is CCc1ccc(NC(=O)c2ccc(-c3ccccc3)[nH]c2=O)cc1. The fraction of sp³-hybridized carbons (Fsp3) is 0.100. The van der Waals surface area contributed by atoms with Gasteiger partial charge in [0.05, 0.1) is 0 Å². The molecule has 4 heteroatoms. The number of nitrogens with one attached hydrogen (secondary N) is 2. The van der Waals surface area contributed by atoms with Gasteiger partial charge in [-0.25, -0.2) is 0 Å². The summed E-state index contributed by atoms with van der Waals surface area (Å²) in [5.41, 5.74) is 3.14. The van der Waals surface area contributed by atoms with E-state index in [0.29, 0.717) is 11.4 Å². The van der Waals surface area contributed by atoms with Crippen LogP contribution in [-0.4, -0.2) is 10.9 Å². The van der Waals surface area contributed by atoms with Gasteiger partial charge < -0.3 is 10.3 Å². The van der Waals surface area contributed by atoms with E-state index >= 15 is 0 Å². The Balaban J connectivity index is 1.81. The predicted molar refractivity (Wildman–Crippen MR) is 96.3 cm³/mol. The third-order valence-electron chi connectivity index (χ3n) is 3.86. The summed E-state index contributed by atoms with van der Waals surface area (Å²) in [7, 11) is 0. The highest BCUT2D eigenvalue weighted by Gasteiger charge is 2.11. The van der Waals surface area contributed by atoms with Crippen LogP contribution in [0.3, 0.4) is 0 Å². The molecule has 0 radical (unpaired) electrons. The molecule has 0 aliphatic rings. The molecule has 0 aliphatic heterocycles. The third-order valence-corrected chi connectivity index (χ3v) is 3.86. The lowest BCUT2D eigenvalue weighted by Crippen LogP contribution is -2.23. The first kappa shape index (κ1) is 15.7. The highest BCUT2D eigenvalue weighted by Crippen LogP contribution is 2.15. The molecular weight excluding hydrogens is 300 g/mol. The van der Waals surface area contributed by atoms with Crippen molar-refractivity contribution in [2.45, 2.75) is 13.3 Å². The van der Waals surface area contributed by atoms with Gasteiger partial charge >= 0.3 is 0 Å². The molecule has 3 rings (SSSR count). The van der Waals surface area contributed by atoms with E-state index in [9.17, 15) is 9.59 Å². The first-order valence-electron chi connectivity index (χ1n) is 7.86. The monoisotopic (exact) mass is 318 g/mol. The first-order chi connectivity index (χ1) is 11.7. The van der Waals surface area contributed by atoms with Crippen molar-refractivity contribution in [3.63, 3.8) is 0 Å². The van der Waals surface area contributed by atoms with Crippen molar-refractivity contribution in [3.05, 3.63) is 88.2 Å². The maximum absolute atomic E-state index is 12.3. The Morgan fingerprint density at radius 2 is 1.67 bits per heavy atom. The molecule has 0 fully saturated rings. The standard InChI is InChI=1S/C20H18N2O2/c1-2-14-8-10-16(11-9-14)21-19(23)17-12-13-18(22-20(17)24)15-6-4-3-5-7-15/h3-13H,2H2,1H3,(H,21,23)(H,22,24). The van der Waals surface area contributed by atoms with E-state index in [2.05, 4.69) is 17.2 Å². The zero-order valence-corrected chi connectivity index (χ0v) is 13.4. The molecular formula is C20H18N2O2. The summed E-state index contributed by atoms with van der Waals surface area (Å²) < 4.78 is 0. The van der Waals surface area contributed by atoms with Crippen LogP contribution in [0.4, 0.5) is 5.69 Å². The number of carbonyl (C=O) groups excluding carboxylic acids is 1. The van der Waals surface area contributed by atoms with E-state index in [1.807, 2.05) is 54.6 Å². The lowest BCUT2D eigenvalue weighted by molar-refractivity contribution is 0.102. The van der Waals surface area contributed by atoms with Crippen molar-refractivity contribution in [2.24, 2.45) is 0 Å². The van der Waals surface area contributed by atoms with Crippen LogP contribution in [0.5, 0.6) is 0 Å². The van der Waals surface area contributed by atoms with Crippen molar-refractivity contribution in [3.8, 4) is 11.3 Å². The molecule has 2 aromatic carbocycles. The summed E-state index contributed by atoms with van der Waals surface area (Å²) in [6.45, 7) is 2.07. The predicted octanol–water partition coefficient (Wildman–Crippen LogP) is 3.86. The maximum Gasteiger partial charge on any atom is 0.261 e. The van der Waals surface area contributed by atoms with Gasteiger partial charge in [-0.1, -0.05) is 49.4 Å². The quantitative estimate of drug-likeness (QED) is 0.767. The van der Waals surface area contributed by atoms with Crippen molar-refractivity contribution in [1.29, 1.82) is 0 Å². The average Bonchev–Trinajstić information content (AvgIpc) is 2.63. The number of amides is 1. The van der Waals surface area contributed by atoms with E-state index in [0.717, 1.165) is 12.0 Å². The van der Waals surface area contributed by atoms with Gasteiger partial charge in [0.2, 0.25) is 0 Å². The Morgan fingerprint density at radius 1 is 0.958 bits per heavy atom. The zero-order valence-electron chi connectivity index (χ0n) is 13.4. The van der Waals surface area contributed by atoms with Gasteiger partial charge in [0.25, 0.3) is 11.5 Å². The van der Waals surface area contributed by atoms with E-state index < -0.39 is 11.5 Å². The van der Waals surface area contributed by atoms with Crippen molar-refractivity contribution < 1.29 is 4.79 Å². The van der Waals surface area contributed by atoms with Crippen LogP contribution < -0.4 is 10.9 Å². The highest BCUT2D eigenvalue weighted by molar-refractivity contribution is 6.04. The van der Waals surface area contributed by atoms with Crippen LogP contribution in [0.2, 0.25) is 0 Å². The molecule has 1 heterocycles. The van der Waals surface area contributed by atoms with Gasteiger partial charge in [0, 0.05) is 11.4 Å². The summed E-state index contributed by atoms with van der Waals surface area (Å²) in [6, 6.07) is 20.4. The van der Waals surface area contributed by atoms with E-state index in [4.69, 9.17) is 0 Å². The van der Waals surface area contributed by atoms with E-state index in [-0.39, 0.29) is 5.56 Å². The summed E-state index contributed by atoms with van der Waals surface area (Å²) in [5, 5.41) is 2.75. The number of pyridine rings is 1. The zero-order chi connectivity index (χ0) is 16.9. The Bertz CT molecular complexity index is 897. The number of carbonyl (C=O) groups is 1. The molecule has 24 heavy (non-hydrogen) atoms. The number of benzene rings is 2. The molecule has 0 unspecified atom stereocenters. The normalized spacial score (nSPS) is 10.4. The number of aromatic nitrogens is 1. The number of aryl methyl sites for hydroxylation is 1. The molecule has 3 aromatic rings. The van der Waals surface area contributed by atoms with Crippen molar-refractivity contribution >= 4 is 11.6 Å². The number of H-pyrrole nitrogens is 1. The van der Waals surface area contributed by atoms with Crippen LogP contribution in [0.25, 0.3) is 11.3 Å². The van der Waals surface area contributed by atoms with Gasteiger partial charge in [-0.2, -0.15) is 0 Å². The first-order valence-corrected chi connectivity index (χ1v) is 7.86. The smallest absolute Gasteiger partial charge is 0.261 e. The second-order valence-corrected chi connectivity index (χ2v) is 5.49. The molecule has 0 saturated carbocycles. The molecule has 0 bridgehead atoms. The molecule has 0 saturated heterocycles. The molecule has 0 spiro atoms. The summed E-state index contributed by atoms with van der Waals surface area (Å²) in [6.07, 6.45) is 0.939. The van der Waals surface area contributed by atoms with Crippen LogP contribution in [0, 0.1) is 0 Å². The molecule has 0 atom stereocenters. The van der Waals surface area contributed by atoms with Crippen LogP contribution in [0.1, 0.15) is 22.8 Å². The fourth-order valence-electron chi connectivity index (χ4n) is 2.46. The molecule has 4 nitrogen and oxygen atoms in total. The van der Waals surface area contributed by atoms with Crippen molar-refractivity contribution in [2.75, 3.05) is 5.32 Å². The van der Waals surface area contributed by atoms with E-state index in [1.165, 1.54) is 5.56 Å². The maximum atomic E-state index is 12.3. The second-order valence-electron chi connectivity index (χ2n) is 5.49. The van der Waals surface area contributed by atoms with Gasteiger partial charge in [-0.3, -0.25) is 9.59 Å². The van der Waals surface area contributed by atoms with Gasteiger partial charge in [-0.05, 0) is 41.8 Å². The average molecular weight is 318 g/mol. The number of anilines is 1. The van der Waals surface area contributed by atoms with Gasteiger partial charge in [-0.15, -0.1) is 0 Å². The molecule has 120 valence electrons. The molecule has 0 aliphatic carbocycles. The Kier molecular flexibility index (Phi) is 4.57. The Labute approximate surface area is 140 Å². The summed E-state index contributed by atoms with van der Waals surface area (Å²) >= 11 is 0. The Morgan fingerprint density at radius 3 is 2.29 bits per heavy atom. The second kappa shape index (κ2) is 6.96. The van der Waals surface area contributed by atoms with Gasteiger partial charge in [0.15, 0.2) is 0 Å². The Hall–Kier alpha value is -3.14. The van der Waals surface area contributed by atoms with Crippen molar-refractivity contribution in [1.82, 2.24) is 4.98 Å². The fourth-order valence-corrected chi connectivity index (χ4v) is 2.46. The third kappa shape index (κ3) is 3.43. The minimum atomic E-state index is -0.417. The highest BCUT2D eigenvalue weighted by atomic mass is 16.2. The number of rotatable bonds is 4. The van der Waals surface area contributed by atoms with E-state index in [1.54, 1.807) is 12.1 Å². The molecule has 1 aromatic heterocycles. The summed E-state index contributed by atoms with van der Waals surface area (Å²) in [4.78, 5) is 27.3. The summed E-state index contributed by atoms with van der Waals surface area (Å²) in [5.74, 6) is -0.417. The topological polar surface area (TPSA) is 62.0 Å². The minimum Gasteiger partial charge on any atom is -0.322 e. The number of aromatic amines is 1. The van der Waals surface area contributed by atoms with Crippen LogP contribution in [0.15, 0.2) is 71.5 Å². The molecule has 1 amide bonds. The number of hydrogen-bond acceptors (Lipinski definition) is 2. The molecule has 2 N–H and O–H groups in total. The van der Waals surface area contributed by atoms with Crippen LogP contribution in [-0.2, 0) is 6.42 Å². The number of hydrogen-bond donors (Lipinski definition) is 2. The lowest BCUT2D eigenvalue weighted by atomic mass is 10.1. The van der Waals surface area contributed by atoms with Gasteiger partial charge in [0.1, 0.15) is 5.56 Å². The minimum absolute atomic E-state index is 0.0919. The van der Waals surface area contributed by atoms with Crippen LogP contribution >= 0.6 is 0 Å².